The largest absolute Gasteiger partial charge is 0.477 e. The number of carboxylic acid groups (broad SMARTS) is 1. The van der Waals surface area contributed by atoms with Crippen molar-refractivity contribution in [1.29, 1.82) is 0 Å². The van der Waals surface area contributed by atoms with Crippen LogP contribution in [-0.2, 0) is 0 Å². The quantitative estimate of drug-likeness (QED) is 0.850. The molecule has 0 aromatic carbocycles. The molecule has 0 atom stereocenters. The predicted molar refractivity (Wildman–Crippen MR) is 66.2 cm³/mol. The molecule has 0 aliphatic carbocycles. The van der Waals surface area contributed by atoms with E-state index in [0.29, 0.717) is 11.5 Å². The maximum absolute atomic E-state index is 10.9. The van der Waals surface area contributed by atoms with E-state index in [1.165, 1.54) is 0 Å². The molecule has 2 rings (SSSR count). The van der Waals surface area contributed by atoms with Crippen LogP contribution in [0.1, 0.15) is 21.6 Å². The lowest BCUT2D eigenvalue weighted by Crippen LogP contribution is -2.10. The third kappa shape index (κ3) is 1.99. The van der Waals surface area contributed by atoms with Crippen molar-refractivity contribution in [3.8, 4) is 11.4 Å². The summed E-state index contributed by atoms with van der Waals surface area (Å²) in [5.41, 5.74) is 7.95. The lowest BCUT2D eigenvalue weighted by molar-refractivity contribution is 0.0696. The fraction of sp³-hybridized carbons (Fsp3) is 0.182. The highest BCUT2D eigenvalue weighted by Crippen LogP contribution is 2.26. The number of hydrogen-bond donors (Lipinski definition) is 2. The fourth-order valence-electron chi connectivity index (χ4n) is 1.57. The number of anilines is 1. The summed E-state index contributed by atoms with van der Waals surface area (Å²) >= 11 is 1.55. The zero-order valence-electron chi connectivity index (χ0n) is 9.39. The molecular formula is C11H11N3O2S. The van der Waals surface area contributed by atoms with Gasteiger partial charge in [0.1, 0.15) is 11.4 Å². The van der Waals surface area contributed by atoms with E-state index in [2.05, 4.69) is 9.97 Å². The number of hydrogen-bond acceptors (Lipinski definition) is 5. The number of thiophene rings is 1. The number of rotatable bonds is 2. The molecule has 0 radical (unpaired) electrons. The number of nitrogens with two attached hydrogens (primary N) is 1. The summed E-state index contributed by atoms with van der Waals surface area (Å²) in [4.78, 5) is 19.2. The van der Waals surface area contributed by atoms with Crippen LogP contribution in [0.3, 0.4) is 0 Å². The Morgan fingerprint density at radius 2 is 2.06 bits per heavy atom. The molecule has 0 amide bonds. The molecule has 2 aromatic rings. The summed E-state index contributed by atoms with van der Waals surface area (Å²) in [5, 5.41) is 12.9. The zero-order valence-corrected chi connectivity index (χ0v) is 10.2. The Morgan fingerprint density at radius 3 is 2.53 bits per heavy atom. The molecule has 0 saturated heterocycles. The van der Waals surface area contributed by atoms with E-state index in [1.54, 1.807) is 18.3 Å². The van der Waals surface area contributed by atoms with Crippen LogP contribution in [0.5, 0.6) is 0 Å². The molecule has 2 heterocycles. The van der Waals surface area contributed by atoms with Crippen molar-refractivity contribution in [2.75, 3.05) is 5.73 Å². The van der Waals surface area contributed by atoms with Crippen LogP contribution >= 0.6 is 11.3 Å². The van der Waals surface area contributed by atoms with Crippen LogP contribution in [0.2, 0.25) is 0 Å². The van der Waals surface area contributed by atoms with Crippen molar-refractivity contribution >= 4 is 23.1 Å². The third-order valence-electron chi connectivity index (χ3n) is 2.43. The Kier molecular flexibility index (Phi) is 2.81. The number of carbonyl (C=O) groups is 1. The molecule has 0 saturated carbocycles. The van der Waals surface area contributed by atoms with E-state index in [1.807, 2.05) is 17.7 Å². The van der Waals surface area contributed by atoms with Gasteiger partial charge in [0.05, 0.1) is 5.69 Å². The molecule has 0 aliphatic rings. The zero-order chi connectivity index (χ0) is 12.6. The minimum atomic E-state index is -1.10. The van der Waals surface area contributed by atoms with E-state index >= 15 is 0 Å². The molecule has 3 N–H and O–H groups in total. The topological polar surface area (TPSA) is 89.1 Å². The summed E-state index contributed by atoms with van der Waals surface area (Å²) in [6.07, 6.45) is 0. The van der Waals surface area contributed by atoms with Crippen LogP contribution in [0.15, 0.2) is 10.8 Å². The van der Waals surface area contributed by atoms with E-state index in [-0.39, 0.29) is 11.4 Å². The van der Waals surface area contributed by atoms with Gasteiger partial charge in [-0.1, -0.05) is 0 Å². The van der Waals surface area contributed by atoms with Crippen LogP contribution < -0.4 is 5.73 Å². The van der Waals surface area contributed by atoms with Crippen molar-refractivity contribution in [2.24, 2.45) is 0 Å². The lowest BCUT2D eigenvalue weighted by Gasteiger charge is -2.06. The summed E-state index contributed by atoms with van der Waals surface area (Å²) in [6, 6.07) is 0. The molecule has 5 nitrogen and oxygen atoms in total. The maximum Gasteiger partial charge on any atom is 0.341 e. The van der Waals surface area contributed by atoms with Crippen LogP contribution in [0, 0.1) is 13.8 Å². The van der Waals surface area contributed by atoms with Crippen LogP contribution in [0.4, 0.5) is 5.82 Å². The molecular weight excluding hydrogens is 238 g/mol. The first kappa shape index (κ1) is 11.5. The van der Waals surface area contributed by atoms with Crippen LogP contribution in [0.25, 0.3) is 11.4 Å². The minimum absolute atomic E-state index is 0.00519. The average Bonchev–Trinajstić information content (AvgIpc) is 2.62. The number of nitrogen functional groups attached to an aromatic ring is 1. The SMILES string of the molecule is Cc1cscc1-c1nc(C)c(C(=O)O)c(N)n1. The first-order valence-electron chi connectivity index (χ1n) is 4.91. The van der Waals surface area contributed by atoms with Crippen molar-refractivity contribution < 1.29 is 9.90 Å². The fourth-order valence-corrected chi connectivity index (χ4v) is 2.40. The summed E-state index contributed by atoms with van der Waals surface area (Å²) in [5.74, 6) is -0.622. The maximum atomic E-state index is 10.9. The van der Waals surface area contributed by atoms with Gasteiger partial charge in [0.25, 0.3) is 0 Å². The summed E-state index contributed by atoms with van der Waals surface area (Å²) in [6.45, 7) is 3.57. The van der Waals surface area contributed by atoms with Crippen molar-refractivity contribution in [2.45, 2.75) is 13.8 Å². The number of aromatic carboxylic acids is 1. The first-order chi connectivity index (χ1) is 8.00. The second-order valence-electron chi connectivity index (χ2n) is 3.67. The van der Waals surface area contributed by atoms with Gasteiger partial charge in [-0.25, -0.2) is 14.8 Å². The number of aromatic nitrogens is 2. The predicted octanol–water partition coefficient (Wildman–Crippen LogP) is 2.10. The third-order valence-corrected chi connectivity index (χ3v) is 3.29. The van der Waals surface area contributed by atoms with E-state index in [4.69, 9.17) is 10.8 Å². The van der Waals surface area contributed by atoms with Crippen molar-refractivity contribution in [1.82, 2.24) is 9.97 Å². The monoisotopic (exact) mass is 249 g/mol. The van der Waals surface area contributed by atoms with Gasteiger partial charge in [-0.3, -0.25) is 0 Å². The van der Waals surface area contributed by atoms with Crippen molar-refractivity contribution in [3.05, 3.63) is 27.6 Å². The summed E-state index contributed by atoms with van der Waals surface area (Å²) in [7, 11) is 0. The summed E-state index contributed by atoms with van der Waals surface area (Å²) < 4.78 is 0. The Morgan fingerprint density at radius 1 is 1.35 bits per heavy atom. The van der Waals surface area contributed by atoms with Gasteiger partial charge in [-0.2, -0.15) is 11.3 Å². The van der Waals surface area contributed by atoms with E-state index < -0.39 is 5.97 Å². The second kappa shape index (κ2) is 4.14. The standard InChI is InChI=1S/C11H11N3O2S/c1-5-3-17-4-7(5)10-13-6(2)8(11(15)16)9(12)14-10/h3-4H,1-2H3,(H,15,16)(H2,12,13,14). The highest BCUT2D eigenvalue weighted by atomic mass is 32.1. The Bertz CT molecular complexity index is 569. The van der Waals surface area contributed by atoms with Crippen LogP contribution in [-0.4, -0.2) is 21.0 Å². The molecule has 0 aliphatic heterocycles. The first-order valence-corrected chi connectivity index (χ1v) is 5.85. The highest BCUT2D eigenvalue weighted by Gasteiger charge is 2.17. The van der Waals surface area contributed by atoms with Gasteiger partial charge < -0.3 is 10.8 Å². The van der Waals surface area contributed by atoms with Gasteiger partial charge >= 0.3 is 5.97 Å². The van der Waals surface area contributed by atoms with E-state index in [9.17, 15) is 4.79 Å². The van der Waals surface area contributed by atoms with Crippen molar-refractivity contribution in [3.63, 3.8) is 0 Å². The second-order valence-corrected chi connectivity index (χ2v) is 4.41. The van der Waals surface area contributed by atoms with Gasteiger partial charge in [0.2, 0.25) is 0 Å². The molecule has 0 spiro atoms. The molecule has 6 heteroatoms. The van der Waals surface area contributed by atoms with Gasteiger partial charge in [0.15, 0.2) is 5.82 Å². The minimum Gasteiger partial charge on any atom is -0.477 e. The molecule has 88 valence electrons. The van der Waals surface area contributed by atoms with Gasteiger partial charge in [-0.15, -0.1) is 0 Å². The van der Waals surface area contributed by atoms with Gasteiger partial charge in [0, 0.05) is 10.9 Å². The van der Waals surface area contributed by atoms with Gasteiger partial charge in [-0.05, 0) is 24.8 Å². The Hall–Kier alpha value is -1.95. The smallest absolute Gasteiger partial charge is 0.341 e. The molecule has 17 heavy (non-hydrogen) atoms. The highest BCUT2D eigenvalue weighted by molar-refractivity contribution is 7.08. The molecule has 0 bridgehead atoms. The Balaban J connectivity index is 2.61. The van der Waals surface area contributed by atoms with E-state index in [0.717, 1.165) is 11.1 Å². The average molecular weight is 249 g/mol. The number of carboxylic acids is 1. The Labute approximate surface area is 102 Å². The number of nitrogens with zero attached hydrogens (tertiary/aromatic N) is 2. The lowest BCUT2D eigenvalue weighted by atomic mass is 10.1. The number of aryl methyl sites for hydroxylation is 2. The molecule has 0 fully saturated rings. The molecule has 2 aromatic heterocycles. The molecule has 0 unspecified atom stereocenters. The normalized spacial score (nSPS) is 10.5.